The van der Waals surface area contributed by atoms with Gasteiger partial charge < -0.3 is 9.84 Å². The number of halogens is 3. The Balaban J connectivity index is 2.45. The zero-order valence-electron chi connectivity index (χ0n) is 9.91. The van der Waals surface area contributed by atoms with Crippen molar-refractivity contribution in [2.45, 2.75) is 30.7 Å². The largest absolute Gasteiger partial charge is 0.573 e. The van der Waals surface area contributed by atoms with Crippen LogP contribution in [0.25, 0.3) is 0 Å². The Morgan fingerprint density at radius 3 is 2.39 bits per heavy atom. The Labute approximate surface area is 108 Å². The van der Waals surface area contributed by atoms with E-state index in [1.807, 2.05) is 6.92 Å². The van der Waals surface area contributed by atoms with Gasteiger partial charge in [0, 0.05) is 17.6 Å². The second-order valence-corrected chi connectivity index (χ2v) is 5.25. The van der Waals surface area contributed by atoms with Crippen molar-refractivity contribution >= 4 is 11.8 Å². The van der Waals surface area contributed by atoms with Gasteiger partial charge in [0.05, 0.1) is 0 Å². The SMILES string of the molecule is CC(CCO)SCc1ccc(OC(F)(F)F)cc1. The fraction of sp³-hybridized carbons (Fsp3) is 0.500. The molecule has 0 fully saturated rings. The minimum absolute atomic E-state index is 0.145. The number of rotatable bonds is 6. The number of alkyl halides is 3. The van der Waals surface area contributed by atoms with Crippen LogP contribution in [0.5, 0.6) is 5.75 Å². The predicted octanol–water partition coefficient (Wildman–Crippen LogP) is 3.59. The lowest BCUT2D eigenvalue weighted by molar-refractivity contribution is -0.274. The smallest absolute Gasteiger partial charge is 0.406 e. The molecular formula is C12H15F3O2S. The van der Waals surface area contributed by atoms with E-state index < -0.39 is 6.36 Å². The minimum Gasteiger partial charge on any atom is -0.406 e. The second-order valence-electron chi connectivity index (χ2n) is 3.83. The van der Waals surface area contributed by atoms with Crippen molar-refractivity contribution in [3.05, 3.63) is 29.8 Å². The quantitative estimate of drug-likeness (QED) is 0.863. The maximum atomic E-state index is 11.9. The van der Waals surface area contributed by atoms with Gasteiger partial charge in [-0.2, -0.15) is 11.8 Å². The summed E-state index contributed by atoms with van der Waals surface area (Å²) in [5, 5.41) is 9.06. The highest BCUT2D eigenvalue weighted by molar-refractivity contribution is 7.99. The molecule has 2 nitrogen and oxygen atoms in total. The average molecular weight is 280 g/mol. The topological polar surface area (TPSA) is 29.5 Å². The third-order valence-electron chi connectivity index (χ3n) is 2.23. The van der Waals surface area contributed by atoms with Crippen molar-refractivity contribution in [3.8, 4) is 5.75 Å². The van der Waals surface area contributed by atoms with Gasteiger partial charge in [-0.25, -0.2) is 0 Å². The van der Waals surface area contributed by atoms with E-state index in [1.165, 1.54) is 12.1 Å². The number of aliphatic hydroxyl groups is 1. The van der Waals surface area contributed by atoms with Crippen LogP contribution in [0.1, 0.15) is 18.9 Å². The molecule has 0 saturated carbocycles. The molecule has 0 radical (unpaired) electrons. The molecule has 18 heavy (non-hydrogen) atoms. The van der Waals surface area contributed by atoms with E-state index in [9.17, 15) is 13.2 Å². The third-order valence-corrected chi connectivity index (χ3v) is 3.53. The number of aliphatic hydroxyl groups excluding tert-OH is 1. The molecule has 102 valence electrons. The molecule has 1 rings (SSSR count). The van der Waals surface area contributed by atoms with E-state index in [0.29, 0.717) is 17.4 Å². The number of ether oxygens (including phenoxy) is 1. The van der Waals surface area contributed by atoms with Gasteiger partial charge in [-0.15, -0.1) is 13.2 Å². The van der Waals surface area contributed by atoms with Gasteiger partial charge in [0.1, 0.15) is 5.75 Å². The second kappa shape index (κ2) is 6.89. The van der Waals surface area contributed by atoms with Crippen molar-refractivity contribution in [1.82, 2.24) is 0 Å². The highest BCUT2D eigenvalue weighted by Gasteiger charge is 2.30. The Morgan fingerprint density at radius 2 is 1.89 bits per heavy atom. The molecule has 0 bridgehead atoms. The summed E-state index contributed by atoms with van der Waals surface area (Å²) in [4.78, 5) is 0. The highest BCUT2D eigenvalue weighted by Crippen LogP contribution is 2.25. The van der Waals surface area contributed by atoms with Crippen LogP contribution in [-0.2, 0) is 5.75 Å². The van der Waals surface area contributed by atoms with Crippen LogP contribution in [-0.4, -0.2) is 23.3 Å². The molecule has 0 amide bonds. The number of benzene rings is 1. The maximum absolute atomic E-state index is 11.9. The van der Waals surface area contributed by atoms with Crippen LogP contribution in [0, 0.1) is 0 Å². The first-order chi connectivity index (χ1) is 8.40. The van der Waals surface area contributed by atoms with Crippen molar-refractivity contribution in [3.63, 3.8) is 0 Å². The van der Waals surface area contributed by atoms with E-state index in [4.69, 9.17) is 5.11 Å². The zero-order valence-corrected chi connectivity index (χ0v) is 10.7. The van der Waals surface area contributed by atoms with Gasteiger partial charge in [0.15, 0.2) is 0 Å². The van der Waals surface area contributed by atoms with E-state index in [2.05, 4.69) is 4.74 Å². The lowest BCUT2D eigenvalue weighted by Crippen LogP contribution is -2.17. The average Bonchev–Trinajstić information content (AvgIpc) is 2.26. The van der Waals surface area contributed by atoms with Crippen LogP contribution in [0.4, 0.5) is 13.2 Å². The molecule has 0 spiro atoms. The zero-order chi connectivity index (χ0) is 13.6. The third kappa shape index (κ3) is 6.16. The first-order valence-corrected chi connectivity index (χ1v) is 6.53. The number of thioether (sulfide) groups is 1. The molecule has 0 aliphatic carbocycles. The first-order valence-electron chi connectivity index (χ1n) is 5.48. The lowest BCUT2D eigenvalue weighted by atomic mass is 10.2. The van der Waals surface area contributed by atoms with Gasteiger partial charge in [0.25, 0.3) is 0 Å². The van der Waals surface area contributed by atoms with Crippen LogP contribution in [0.2, 0.25) is 0 Å². The molecule has 0 aliphatic rings. The van der Waals surface area contributed by atoms with Gasteiger partial charge in [-0.05, 0) is 24.1 Å². The Morgan fingerprint density at radius 1 is 1.28 bits per heavy atom. The van der Waals surface area contributed by atoms with Crippen molar-refractivity contribution in [2.24, 2.45) is 0 Å². The summed E-state index contributed by atoms with van der Waals surface area (Å²) in [6.07, 6.45) is -3.94. The first kappa shape index (κ1) is 15.2. The van der Waals surface area contributed by atoms with Crippen molar-refractivity contribution in [1.29, 1.82) is 0 Å². The summed E-state index contributed by atoms with van der Waals surface area (Å²) in [7, 11) is 0. The normalized spacial score (nSPS) is 13.4. The van der Waals surface area contributed by atoms with Crippen LogP contribution < -0.4 is 4.74 Å². The van der Waals surface area contributed by atoms with Gasteiger partial charge in [-0.1, -0.05) is 19.1 Å². The molecule has 0 aliphatic heterocycles. The summed E-state index contributed by atoms with van der Waals surface area (Å²) in [5.41, 5.74) is 0.930. The standard InChI is InChI=1S/C12H15F3O2S/c1-9(6-7-16)18-8-10-2-4-11(5-3-10)17-12(13,14)15/h2-5,9,16H,6-8H2,1H3. The molecule has 0 aromatic heterocycles. The molecule has 6 heteroatoms. The number of hydrogen-bond donors (Lipinski definition) is 1. The minimum atomic E-state index is -4.65. The van der Waals surface area contributed by atoms with E-state index in [1.54, 1.807) is 23.9 Å². The lowest BCUT2D eigenvalue weighted by Gasteiger charge is -2.11. The monoisotopic (exact) mass is 280 g/mol. The van der Waals surface area contributed by atoms with Crippen molar-refractivity contribution < 1.29 is 23.0 Å². The summed E-state index contributed by atoms with van der Waals surface area (Å²) in [6.45, 7) is 2.15. The van der Waals surface area contributed by atoms with Crippen molar-refractivity contribution in [2.75, 3.05) is 6.61 Å². The van der Waals surface area contributed by atoms with Gasteiger partial charge in [0.2, 0.25) is 0 Å². The van der Waals surface area contributed by atoms with Gasteiger partial charge in [-0.3, -0.25) is 0 Å². The molecule has 1 atom stereocenters. The summed E-state index contributed by atoms with van der Waals surface area (Å²) in [6, 6.07) is 5.83. The fourth-order valence-electron chi connectivity index (χ4n) is 1.29. The predicted molar refractivity (Wildman–Crippen MR) is 65.6 cm³/mol. The highest BCUT2D eigenvalue weighted by atomic mass is 32.2. The molecule has 1 aromatic carbocycles. The molecule has 0 heterocycles. The Bertz CT molecular complexity index is 351. The van der Waals surface area contributed by atoms with E-state index in [0.717, 1.165) is 5.56 Å². The summed E-state index contributed by atoms with van der Waals surface area (Å²) >= 11 is 1.65. The molecule has 1 unspecified atom stereocenters. The molecule has 1 N–H and O–H groups in total. The van der Waals surface area contributed by atoms with E-state index in [-0.39, 0.29) is 12.4 Å². The Kier molecular flexibility index (Phi) is 5.81. The van der Waals surface area contributed by atoms with Gasteiger partial charge >= 0.3 is 6.36 Å². The molecular weight excluding hydrogens is 265 g/mol. The Hall–Kier alpha value is -0.880. The fourth-order valence-corrected chi connectivity index (χ4v) is 2.23. The van der Waals surface area contributed by atoms with Crippen LogP contribution >= 0.6 is 11.8 Å². The van der Waals surface area contributed by atoms with Crippen LogP contribution in [0.15, 0.2) is 24.3 Å². The van der Waals surface area contributed by atoms with Crippen LogP contribution in [0.3, 0.4) is 0 Å². The molecule has 1 aromatic rings. The number of hydrogen-bond acceptors (Lipinski definition) is 3. The summed E-state index contributed by atoms with van der Waals surface area (Å²) < 4.78 is 39.6. The molecule has 0 saturated heterocycles. The summed E-state index contributed by atoms with van der Waals surface area (Å²) in [5.74, 6) is 0.493. The van der Waals surface area contributed by atoms with E-state index >= 15 is 0 Å². The maximum Gasteiger partial charge on any atom is 0.573 e.